The van der Waals surface area contributed by atoms with Crippen molar-refractivity contribution in [1.82, 2.24) is 24.9 Å². The molecule has 1 saturated heterocycles. The molecule has 0 aromatic carbocycles. The smallest absolute Gasteiger partial charge is 0.366 e. The number of nitrogens with zero attached hydrogens (tertiary/aromatic N) is 4. The Bertz CT molecular complexity index is 755. The molecular weight excluding hydrogens is 387 g/mol. The third kappa shape index (κ3) is 5.28. The van der Waals surface area contributed by atoms with Gasteiger partial charge in [-0.3, -0.25) is 8.95 Å². The Labute approximate surface area is 146 Å². The van der Waals surface area contributed by atoms with Gasteiger partial charge in [-0.25, -0.2) is 18.0 Å². The Morgan fingerprint density at radius 1 is 1.46 bits per heavy atom. The fourth-order valence-electron chi connectivity index (χ4n) is 2.24. The lowest BCUT2D eigenvalue weighted by Gasteiger charge is -2.31. The largest absolute Gasteiger partial charge is 0.496 e. The molecule has 8 nitrogen and oxygen atoms in total. The van der Waals surface area contributed by atoms with E-state index in [9.17, 15) is 22.0 Å². The van der Waals surface area contributed by atoms with Crippen LogP contribution >= 0.6 is 0 Å². The molecule has 26 heavy (non-hydrogen) atoms. The quantitative estimate of drug-likeness (QED) is 0.528. The summed E-state index contributed by atoms with van der Waals surface area (Å²) in [5.41, 5.74) is -4.43. The van der Waals surface area contributed by atoms with Crippen LogP contribution in [0.15, 0.2) is 18.7 Å². The zero-order valence-corrected chi connectivity index (χ0v) is 13.9. The second-order valence-corrected chi connectivity index (χ2v) is 6.30. The van der Waals surface area contributed by atoms with Crippen LogP contribution in [0.2, 0.25) is 0 Å². The predicted molar refractivity (Wildman–Crippen MR) is 82.0 cm³/mol. The van der Waals surface area contributed by atoms with Gasteiger partial charge in [-0.05, 0) is 13.0 Å². The Balaban J connectivity index is 0.000000298. The third-order valence-corrected chi connectivity index (χ3v) is 3.95. The molecule has 1 unspecified atom stereocenters. The lowest BCUT2D eigenvalue weighted by Crippen LogP contribution is -2.48. The minimum atomic E-state index is -4.97. The Hall–Kier alpha value is -1.93. The minimum Gasteiger partial charge on any atom is -0.366 e. The standard InChI is InChI=1S/C11H14F2N6.CHF3O2S/c12-11(13)6-14-2-1-8(11)5-16-9-10-18-17-7-19(10)4-3-15-9;2-1(3,4)7(5)6/h3-4,7-8,14H,1-2,5-6H2,(H,15,16);(H,5,6)/t8-;/m1./s1. The van der Waals surface area contributed by atoms with E-state index in [-0.39, 0.29) is 13.1 Å². The normalized spacial score (nSPS) is 20.9. The minimum absolute atomic E-state index is 0.175. The predicted octanol–water partition coefficient (Wildman–Crippen LogP) is 1.51. The van der Waals surface area contributed by atoms with Crippen LogP contribution in [0.25, 0.3) is 5.65 Å². The maximum atomic E-state index is 13.7. The fraction of sp³-hybridized carbons (Fsp3) is 0.583. The molecule has 1 aliphatic rings. The second kappa shape index (κ2) is 8.18. The van der Waals surface area contributed by atoms with Crippen LogP contribution in [0, 0.1) is 5.92 Å². The molecule has 1 fully saturated rings. The van der Waals surface area contributed by atoms with E-state index in [1.807, 2.05) is 0 Å². The third-order valence-electron chi connectivity index (χ3n) is 3.56. The van der Waals surface area contributed by atoms with Crippen LogP contribution in [-0.4, -0.2) is 59.4 Å². The number of hydrogen-bond donors (Lipinski definition) is 3. The molecule has 0 saturated carbocycles. The monoisotopic (exact) mass is 402 g/mol. The van der Waals surface area contributed by atoms with Gasteiger partial charge in [0.2, 0.25) is 5.65 Å². The van der Waals surface area contributed by atoms with Gasteiger partial charge < -0.3 is 10.6 Å². The van der Waals surface area contributed by atoms with E-state index in [1.54, 1.807) is 23.1 Å². The number of nitrogens with one attached hydrogen (secondary N) is 2. The molecule has 3 N–H and O–H groups in total. The van der Waals surface area contributed by atoms with Gasteiger partial charge in [-0.1, -0.05) is 0 Å². The molecule has 0 amide bonds. The Kier molecular flexibility index (Phi) is 6.41. The zero-order valence-electron chi connectivity index (χ0n) is 13.1. The lowest BCUT2D eigenvalue weighted by atomic mass is 9.94. The Morgan fingerprint density at radius 2 is 2.15 bits per heavy atom. The number of hydrogen-bond acceptors (Lipinski definition) is 6. The van der Waals surface area contributed by atoms with E-state index in [1.165, 1.54) is 0 Å². The number of piperidine rings is 1. The molecule has 0 bridgehead atoms. The highest BCUT2D eigenvalue weighted by atomic mass is 32.2. The van der Waals surface area contributed by atoms with Crippen molar-refractivity contribution in [2.45, 2.75) is 17.9 Å². The molecule has 14 heteroatoms. The summed E-state index contributed by atoms with van der Waals surface area (Å²) in [4.78, 5) is 4.12. The second-order valence-electron chi connectivity index (χ2n) is 5.34. The van der Waals surface area contributed by atoms with Crippen molar-refractivity contribution in [1.29, 1.82) is 0 Å². The maximum Gasteiger partial charge on any atom is 0.496 e. The Morgan fingerprint density at radius 3 is 2.77 bits per heavy atom. The van der Waals surface area contributed by atoms with Crippen molar-refractivity contribution in [2.24, 2.45) is 5.92 Å². The van der Waals surface area contributed by atoms with Gasteiger partial charge in [0.25, 0.3) is 17.0 Å². The van der Waals surface area contributed by atoms with E-state index in [4.69, 9.17) is 8.76 Å². The van der Waals surface area contributed by atoms with Crippen LogP contribution in [0.5, 0.6) is 0 Å². The molecule has 3 heterocycles. The summed E-state index contributed by atoms with van der Waals surface area (Å²) in [6, 6.07) is 0. The van der Waals surface area contributed by atoms with E-state index in [2.05, 4.69) is 25.8 Å². The summed E-state index contributed by atoms with van der Waals surface area (Å²) in [5, 5.41) is 13.3. The van der Waals surface area contributed by atoms with Gasteiger partial charge in [-0.15, -0.1) is 10.2 Å². The van der Waals surface area contributed by atoms with Crippen LogP contribution in [-0.2, 0) is 11.1 Å². The van der Waals surface area contributed by atoms with Crippen LogP contribution in [0.1, 0.15) is 6.42 Å². The number of anilines is 1. The van der Waals surface area contributed by atoms with Gasteiger partial charge in [0.1, 0.15) is 6.33 Å². The summed E-state index contributed by atoms with van der Waals surface area (Å²) >= 11 is -3.68. The van der Waals surface area contributed by atoms with Crippen LogP contribution in [0.4, 0.5) is 27.8 Å². The van der Waals surface area contributed by atoms with Crippen molar-refractivity contribution < 1.29 is 30.7 Å². The summed E-state index contributed by atoms with van der Waals surface area (Å²) < 4.78 is 77.2. The molecule has 146 valence electrons. The average molecular weight is 402 g/mol. The molecule has 2 aromatic rings. The number of halogens is 5. The first kappa shape index (κ1) is 20.4. The molecule has 0 radical (unpaired) electrons. The molecular formula is C12H15F5N6O2S. The SMILES string of the molecule is FC1(F)CNCC[C@@H]1CNc1nccn2cnnc12.O=S(O)C(F)(F)F. The molecule has 0 aliphatic carbocycles. The van der Waals surface area contributed by atoms with E-state index < -0.39 is 28.4 Å². The van der Waals surface area contributed by atoms with Crippen LogP contribution in [0.3, 0.4) is 0 Å². The van der Waals surface area contributed by atoms with Gasteiger partial charge in [0.05, 0.1) is 6.54 Å². The van der Waals surface area contributed by atoms with E-state index in [0.717, 1.165) is 0 Å². The van der Waals surface area contributed by atoms with Crippen molar-refractivity contribution >= 4 is 22.5 Å². The molecule has 2 atom stereocenters. The molecule has 2 aromatic heterocycles. The fourth-order valence-corrected chi connectivity index (χ4v) is 2.24. The molecule has 0 spiro atoms. The molecule has 3 rings (SSSR count). The van der Waals surface area contributed by atoms with Gasteiger partial charge in [0, 0.05) is 24.9 Å². The zero-order chi connectivity index (χ0) is 19.4. The average Bonchev–Trinajstić information content (AvgIpc) is 3.02. The first-order valence-corrected chi connectivity index (χ1v) is 8.36. The number of rotatable bonds is 3. The van der Waals surface area contributed by atoms with E-state index >= 15 is 0 Å². The van der Waals surface area contributed by atoms with Gasteiger partial charge in [-0.2, -0.15) is 13.2 Å². The number of aromatic nitrogens is 4. The van der Waals surface area contributed by atoms with Crippen molar-refractivity contribution in [3.63, 3.8) is 0 Å². The number of alkyl halides is 5. The molecule has 1 aliphatic heterocycles. The van der Waals surface area contributed by atoms with E-state index in [0.29, 0.717) is 24.4 Å². The summed E-state index contributed by atoms with van der Waals surface area (Å²) in [5.74, 6) is -2.91. The highest BCUT2D eigenvalue weighted by molar-refractivity contribution is 7.80. The summed E-state index contributed by atoms with van der Waals surface area (Å²) in [6.45, 7) is 0.528. The van der Waals surface area contributed by atoms with Gasteiger partial charge >= 0.3 is 5.51 Å². The topological polar surface area (TPSA) is 104 Å². The number of fused-ring (bicyclic) bond motifs is 1. The first-order chi connectivity index (χ1) is 12.1. The van der Waals surface area contributed by atoms with Gasteiger partial charge in [0.15, 0.2) is 5.82 Å². The highest BCUT2D eigenvalue weighted by Gasteiger charge is 2.41. The van der Waals surface area contributed by atoms with Crippen molar-refractivity contribution in [3.8, 4) is 0 Å². The van der Waals surface area contributed by atoms with Crippen molar-refractivity contribution in [3.05, 3.63) is 18.7 Å². The van der Waals surface area contributed by atoms with Crippen molar-refractivity contribution in [2.75, 3.05) is 25.0 Å². The summed E-state index contributed by atoms with van der Waals surface area (Å²) in [7, 11) is 0. The first-order valence-electron chi connectivity index (χ1n) is 7.25. The summed E-state index contributed by atoms with van der Waals surface area (Å²) in [6.07, 6.45) is 5.27. The highest BCUT2D eigenvalue weighted by Crippen LogP contribution is 2.29. The maximum absolute atomic E-state index is 13.7. The van der Waals surface area contributed by atoms with Crippen LogP contribution < -0.4 is 10.6 Å². The lowest BCUT2D eigenvalue weighted by molar-refractivity contribution is -0.0678.